The van der Waals surface area contributed by atoms with Crippen molar-refractivity contribution in [3.8, 4) is 0 Å². The summed E-state index contributed by atoms with van der Waals surface area (Å²) in [5, 5.41) is 22.6. The van der Waals surface area contributed by atoms with E-state index in [1.807, 2.05) is 0 Å². The predicted octanol–water partition coefficient (Wildman–Crippen LogP) is 1.28. The van der Waals surface area contributed by atoms with E-state index in [0.29, 0.717) is 0 Å². The zero-order valence-corrected chi connectivity index (χ0v) is 8.71. The third-order valence-electron chi connectivity index (χ3n) is 0.544. The molecule has 0 aliphatic carbocycles. The summed E-state index contributed by atoms with van der Waals surface area (Å²) in [7, 11) is 0. The molecule has 16 heavy (non-hydrogen) atoms. The molecular formula is C8H13F3O5. The number of carboxylic acid groups (broad SMARTS) is 2. The van der Waals surface area contributed by atoms with Gasteiger partial charge in [0.05, 0.1) is 0 Å². The summed E-state index contributed by atoms with van der Waals surface area (Å²) in [5.74, 6) is -1.77. The average molecular weight is 246 g/mol. The molecule has 0 radical (unpaired) electrons. The highest BCUT2D eigenvalue weighted by Crippen LogP contribution is 2.11. The molecule has 5 nitrogen and oxygen atoms in total. The molecule has 0 aromatic carbocycles. The van der Waals surface area contributed by atoms with Crippen LogP contribution in [0, 0.1) is 0 Å². The summed E-state index contributed by atoms with van der Waals surface area (Å²) >= 11 is 0. The van der Waals surface area contributed by atoms with Crippen molar-refractivity contribution in [1.29, 1.82) is 0 Å². The van der Waals surface area contributed by atoms with Gasteiger partial charge in [-0.25, -0.2) is 4.79 Å². The highest BCUT2D eigenvalue weighted by molar-refractivity contribution is 5.84. The van der Waals surface area contributed by atoms with Crippen LogP contribution in [0.5, 0.6) is 0 Å². The number of aliphatic hydroxyl groups excluding tert-OH is 1. The number of rotatable bonds is 1. The second-order valence-corrected chi connectivity index (χ2v) is 2.38. The van der Waals surface area contributed by atoms with Crippen LogP contribution in [-0.4, -0.2) is 40.0 Å². The van der Waals surface area contributed by atoms with Crippen molar-refractivity contribution in [3.05, 3.63) is 12.2 Å². The first-order valence-electron chi connectivity index (χ1n) is 3.70. The molecule has 0 heterocycles. The van der Waals surface area contributed by atoms with Crippen molar-refractivity contribution >= 4 is 11.9 Å². The van der Waals surface area contributed by atoms with Gasteiger partial charge in [0.15, 0.2) is 0 Å². The molecule has 0 amide bonds. The van der Waals surface area contributed by atoms with Gasteiger partial charge < -0.3 is 15.3 Å². The SMILES string of the molecule is C=C(C)C(=O)O.CC(=O)O.OCC(F)(F)F. The van der Waals surface area contributed by atoms with Gasteiger partial charge in [0.25, 0.3) is 5.97 Å². The molecule has 0 atom stereocenters. The third-order valence-corrected chi connectivity index (χ3v) is 0.544. The topological polar surface area (TPSA) is 94.8 Å². The van der Waals surface area contributed by atoms with Crippen molar-refractivity contribution in [2.24, 2.45) is 0 Å². The van der Waals surface area contributed by atoms with E-state index in [9.17, 15) is 18.0 Å². The number of carboxylic acids is 2. The Morgan fingerprint density at radius 2 is 1.31 bits per heavy atom. The van der Waals surface area contributed by atoms with Gasteiger partial charge >= 0.3 is 12.1 Å². The van der Waals surface area contributed by atoms with Crippen LogP contribution in [0.2, 0.25) is 0 Å². The van der Waals surface area contributed by atoms with E-state index < -0.39 is 24.7 Å². The summed E-state index contributed by atoms with van der Waals surface area (Å²) in [5.41, 5.74) is 0.176. The normalized spacial score (nSPS) is 8.88. The molecule has 0 rings (SSSR count). The number of carbonyl (C=O) groups is 2. The number of alkyl halides is 3. The second-order valence-electron chi connectivity index (χ2n) is 2.38. The Bertz CT molecular complexity index is 218. The van der Waals surface area contributed by atoms with Crippen molar-refractivity contribution in [2.75, 3.05) is 6.61 Å². The van der Waals surface area contributed by atoms with Crippen LogP contribution in [0.25, 0.3) is 0 Å². The lowest BCUT2D eigenvalue weighted by Crippen LogP contribution is -2.12. The van der Waals surface area contributed by atoms with Gasteiger partial charge in [-0.3, -0.25) is 4.79 Å². The Morgan fingerprint density at radius 1 is 1.19 bits per heavy atom. The Kier molecular flexibility index (Phi) is 12.4. The summed E-state index contributed by atoms with van der Waals surface area (Å²) < 4.78 is 31.6. The van der Waals surface area contributed by atoms with Gasteiger partial charge in [-0.05, 0) is 6.92 Å². The smallest absolute Gasteiger partial charge is 0.411 e. The lowest BCUT2D eigenvalue weighted by Gasteiger charge is -1.95. The van der Waals surface area contributed by atoms with Gasteiger partial charge in [-0.1, -0.05) is 6.58 Å². The van der Waals surface area contributed by atoms with Crippen LogP contribution >= 0.6 is 0 Å². The molecule has 0 aromatic heterocycles. The zero-order chi connectivity index (χ0) is 13.9. The minimum absolute atomic E-state index is 0.176. The second kappa shape index (κ2) is 9.97. The van der Waals surface area contributed by atoms with E-state index in [1.54, 1.807) is 0 Å². The summed E-state index contributed by atoms with van der Waals surface area (Å²) in [6.45, 7) is 3.96. The summed E-state index contributed by atoms with van der Waals surface area (Å²) in [6.07, 6.45) is -4.40. The number of halogens is 3. The highest BCUT2D eigenvalue weighted by atomic mass is 19.4. The van der Waals surface area contributed by atoms with E-state index >= 15 is 0 Å². The van der Waals surface area contributed by atoms with Crippen LogP contribution in [0.4, 0.5) is 13.2 Å². The third kappa shape index (κ3) is 55.1. The molecule has 0 saturated heterocycles. The molecule has 0 aliphatic rings. The molecule has 0 aliphatic heterocycles. The average Bonchev–Trinajstić information content (AvgIpc) is 2.02. The molecule has 0 aromatic rings. The van der Waals surface area contributed by atoms with Crippen LogP contribution in [-0.2, 0) is 9.59 Å². The Morgan fingerprint density at radius 3 is 1.31 bits per heavy atom. The number of hydrogen-bond acceptors (Lipinski definition) is 3. The minimum Gasteiger partial charge on any atom is -0.481 e. The molecule has 96 valence electrons. The van der Waals surface area contributed by atoms with Crippen LogP contribution < -0.4 is 0 Å². The molecule has 0 spiro atoms. The lowest BCUT2D eigenvalue weighted by atomic mass is 10.4. The highest BCUT2D eigenvalue weighted by Gasteiger charge is 2.24. The van der Waals surface area contributed by atoms with Gasteiger partial charge in [0.2, 0.25) is 0 Å². The summed E-state index contributed by atoms with van der Waals surface area (Å²) in [6, 6.07) is 0. The molecule has 3 N–H and O–H groups in total. The van der Waals surface area contributed by atoms with E-state index in [2.05, 4.69) is 6.58 Å². The lowest BCUT2D eigenvalue weighted by molar-refractivity contribution is -0.159. The fraction of sp³-hybridized carbons (Fsp3) is 0.500. The fourth-order valence-electron chi connectivity index (χ4n) is 0. The van der Waals surface area contributed by atoms with Gasteiger partial charge in [-0.15, -0.1) is 0 Å². The maximum Gasteiger partial charge on any atom is 0.411 e. The Hall–Kier alpha value is -1.57. The molecular weight excluding hydrogens is 233 g/mol. The Balaban J connectivity index is -0.000000162. The minimum atomic E-state index is -4.40. The van der Waals surface area contributed by atoms with Gasteiger partial charge in [0.1, 0.15) is 6.61 Å². The largest absolute Gasteiger partial charge is 0.481 e. The fourth-order valence-corrected chi connectivity index (χ4v) is 0. The van der Waals surface area contributed by atoms with E-state index in [-0.39, 0.29) is 5.57 Å². The Labute approximate surface area is 89.8 Å². The summed E-state index contributed by atoms with van der Waals surface area (Å²) in [4.78, 5) is 18.6. The van der Waals surface area contributed by atoms with E-state index in [0.717, 1.165) is 6.92 Å². The maximum absolute atomic E-state index is 10.5. The molecule has 0 bridgehead atoms. The van der Waals surface area contributed by atoms with Crippen molar-refractivity contribution < 1.29 is 38.1 Å². The standard InChI is InChI=1S/C4H6O2.C2H3F3O.C2H4O2/c1-3(2)4(5)6;3-2(4,5)1-6;1-2(3)4/h1H2,2H3,(H,5,6);6H,1H2;1H3,(H,3,4). The monoisotopic (exact) mass is 246 g/mol. The van der Waals surface area contributed by atoms with Gasteiger partial charge in [-0.2, -0.15) is 13.2 Å². The maximum atomic E-state index is 10.5. The first-order chi connectivity index (χ1) is 6.94. The molecule has 0 saturated carbocycles. The van der Waals surface area contributed by atoms with Crippen molar-refractivity contribution in [3.63, 3.8) is 0 Å². The zero-order valence-electron chi connectivity index (χ0n) is 8.71. The van der Waals surface area contributed by atoms with E-state index in [4.69, 9.17) is 20.1 Å². The van der Waals surface area contributed by atoms with Crippen molar-refractivity contribution in [2.45, 2.75) is 20.0 Å². The predicted molar refractivity (Wildman–Crippen MR) is 48.9 cm³/mol. The van der Waals surface area contributed by atoms with E-state index in [1.165, 1.54) is 6.92 Å². The number of aliphatic hydroxyl groups is 1. The van der Waals surface area contributed by atoms with Crippen molar-refractivity contribution in [1.82, 2.24) is 0 Å². The van der Waals surface area contributed by atoms with Crippen LogP contribution in [0.1, 0.15) is 13.8 Å². The van der Waals surface area contributed by atoms with Crippen LogP contribution in [0.3, 0.4) is 0 Å². The quantitative estimate of drug-likeness (QED) is 0.606. The number of hydrogen-bond donors (Lipinski definition) is 3. The molecule has 8 heteroatoms. The first-order valence-corrected chi connectivity index (χ1v) is 3.70. The van der Waals surface area contributed by atoms with Crippen LogP contribution in [0.15, 0.2) is 12.2 Å². The number of aliphatic carboxylic acids is 2. The molecule has 0 unspecified atom stereocenters. The molecule has 0 fully saturated rings. The first kappa shape index (κ1) is 19.9. The van der Waals surface area contributed by atoms with Gasteiger partial charge in [0, 0.05) is 12.5 Å².